The van der Waals surface area contributed by atoms with E-state index >= 15 is 0 Å². The maximum atomic E-state index is 9.74. The summed E-state index contributed by atoms with van der Waals surface area (Å²) in [5.41, 5.74) is 0.728. The van der Waals surface area contributed by atoms with Crippen molar-refractivity contribution >= 4 is 8.80 Å². The van der Waals surface area contributed by atoms with E-state index in [0.717, 1.165) is 5.57 Å². The van der Waals surface area contributed by atoms with Crippen LogP contribution in [-0.2, 0) is 13.3 Å². The van der Waals surface area contributed by atoms with E-state index in [1.54, 1.807) is 27.7 Å². The molecule has 0 spiro atoms. The van der Waals surface area contributed by atoms with E-state index in [2.05, 4.69) is 6.58 Å². The van der Waals surface area contributed by atoms with Gasteiger partial charge in [-0.2, -0.15) is 0 Å². The van der Waals surface area contributed by atoms with Crippen LogP contribution in [0, 0.1) is 0 Å². The van der Waals surface area contributed by atoms with E-state index in [1.165, 1.54) is 0 Å². The SMILES string of the molecule is C=C(C)C[Si](OC(O)CC)(OC(O)CC)OC(O)CC. The Hall–Kier alpha value is -0.283. The third-order valence-electron chi connectivity index (χ3n) is 2.51. The lowest BCUT2D eigenvalue weighted by molar-refractivity contribution is -0.155. The van der Waals surface area contributed by atoms with Crippen LogP contribution in [0.4, 0.5) is 0 Å². The number of hydrogen-bond donors (Lipinski definition) is 3. The molecule has 0 aliphatic rings. The fourth-order valence-corrected chi connectivity index (χ4v) is 4.35. The molecular weight excluding hydrogens is 280 g/mol. The first-order chi connectivity index (χ1) is 9.28. The van der Waals surface area contributed by atoms with Crippen molar-refractivity contribution < 1.29 is 28.6 Å². The van der Waals surface area contributed by atoms with Gasteiger partial charge in [0, 0.05) is 6.04 Å². The number of aliphatic hydroxyl groups is 3. The summed E-state index contributed by atoms with van der Waals surface area (Å²) < 4.78 is 16.5. The van der Waals surface area contributed by atoms with Gasteiger partial charge in [-0.25, -0.2) is 0 Å². The molecule has 0 aromatic carbocycles. The third-order valence-corrected chi connectivity index (χ3v) is 5.44. The molecule has 0 fully saturated rings. The van der Waals surface area contributed by atoms with Crippen LogP contribution in [0.1, 0.15) is 47.0 Å². The van der Waals surface area contributed by atoms with E-state index in [0.29, 0.717) is 19.3 Å². The molecule has 0 saturated heterocycles. The van der Waals surface area contributed by atoms with Crippen LogP contribution in [0.5, 0.6) is 0 Å². The summed E-state index contributed by atoms with van der Waals surface area (Å²) in [5, 5.41) is 29.2. The first-order valence-electron chi connectivity index (χ1n) is 7.00. The lowest BCUT2D eigenvalue weighted by Gasteiger charge is -2.34. The number of rotatable bonds is 11. The fraction of sp³-hybridized carbons (Fsp3) is 0.846. The highest BCUT2D eigenvalue weighted by molar-refractivity contribution is 6.61. The molecule has 0 aromatic rings. The second-order valence-electron chi connectivity index (χ2n) is 4.76. The Morgan fingerprint density at radius 2 is 1.20 bits per heavy atom. The minimum atomic E-state index is -3.46. The van der Waals surface area contributed by atoms with Crippen molar-refractivity contribution in [1.29, 1.82) is 0 Å². The molecule has 0 aromatic heterocycles. The molecule has 0 amide bonds. The number of allylic oxidation sites excluding steroid dienone is 1. The zero-order chi connectivity index (χ0) is 15.8. The van der Waals surface area contributed by atoms with E-state index in [4.69, 9.17) is 13.3 Å². The molecule has 0 saturated carbocycles. The van der Waals surface area contributed by atoms with Gasteiger partial charge < -0.3 is 28.6 Å². The molecule has 0 bridgehead atoms. The van der Waals surface area contributed by atoms with Crippen LogP contribution < -0.4 is 0 Å². The molecule has 0 aliphatic carbocycles. The molecule has 0 heterocycles. The predicted octanol–water partition coefficient (Wildman–Crippen LogP) is 1.74. The summed E-state index contributed by atoms with van der Waals surface area (Å²) in [6.07, 6.45) is -2.18. The Morgan fingerprint density at radius 1 is 0.900 bits per heavy atom. The molecule has 3 unspecified atom stereocenters. The van der Waals surface area contributed by atoms with Gasteiger partial charge in [-0.1, -0.05) is 26.3 Å². The van der Waals surface area contributed by atoms with Crippen LogP contribution in [0.15, 0.2) is 12.2 Å². The fourth-order valence-electron chi connectivity index (χ4n) is 1.45. The van der Waals surface area contributed by atoms with Crippen molar-refractivity contribution in [3.8, 4) is 0 Å². The zero-order valence-corrected chi connectivity index (χ0v) is 13.8. The van der Waals surface area contributed by atoms with Crippen LogP contribution in [-0.4, -0.2) is 43.0 Å². The van der Waals surface area contributed by atoms with Crippen molar-refractivity contribution in [1.82, 2.24) is 0 Å². The first kappa shape index (κ1) is 19.7. The van der Waals surface area contributed by atoms with Gasteiger partial charge in [-0.15, -0.1) is 6.58 Å². The van der Waals surface area contributed by atoms with E-state index in [-0.39, 0.29) is 6.04 Å². The lowest BCUT2D eigenvalue weighted by Crippen LogP contribution is -2.52. The van der Waals surface area contributed by atoms with E-state index in [9.17, 15) is 15.3 Å². The van der Waals surface area contributed by atoms with Gasteiger partial charge >= 0.3 is 8.80 Å². The van der Waals surface area contributed by atoms with Gasteiger partial charge in [0.2, 0.25) is 0 Å². The molecule has 120 valence electrons. The van der Waals surface area contributed by atoms with Gasteiger partial charge in [-0.05, 0) is 26.2 Å². The van der Waals surface area contributed by atoms with Gasteiger partial charge in [0.25, 0.3) is 0 Å². The van der Waals surface area contributed by atoms with Crippen molar-refractivity contribution in [2.45, 2.75) is 71.9 Å². The highest BCUT2D eigenvalue weighted by Gasteiger charge is 2.46. The molecule has 0 rings (SSSR count). The summed E-state index contributed by atoms with van der Waals surface area (Å²) in [6.45, 7) is 10.8. The number of hydrogen-bond acceptors (Lipinski definition) is 6. The predicted molar refractivity (Wildman–Crippen MR) is 77.5 cm³/mol. The maximum absolute atomic E-state index is 9.74. The van der Waals surface area contributed by atoms with Gasteiger partial charge in [-0.3, -0.25) is 0 Å². The molecule has 3 N–H and O–H groups in total. The molecule has 20 heavy (non-hydrogen) atoms. The molecule has 6 nitrogen and oxygen atoms in total. The summed E-state index contributed by atoms with van der Waals surface area (Å²) in [6, 6.07) is 0.220. The maximum Gasteiger partial charge on any atom is 0.511 e. The Kier molecular flexibility index (Phi) is 9.48. The second kappa shape index (κ2) is 9.62. The van der Waals surface area contributed by atoms with Crippen LogP contribution >= 0.6 is 0 Å². The summed E-state index contributed by atoms with van der Waals surface area (Å²) in [4.78, 5) is 0. The van der Waals surface area contributed by atoms with Gasteiger partial charge in [0.05, 0.1) is 0 Å². The van der Waals surface area contributed by atoms with Crippen molar-refractivity contribution in [2.75, 3.05) is 0 Å². The zero-order valence-electron chi connectivity index (χ0n) is 12.8. The van der Waals surface area contributed by atoms with Gasteiger partial charge in [0.15, 0.2) is 0 Å². The molecule has 3 atom stereocenters. The van der Waals surface area contributed by atoms with Crippen LogP contribution in [0.3, 0.4) is 0 Å². The second-order valence-corrected chi connectivity index (χ2v) is 7.19. The Labute approximate surface area is 122 Å². The molecule has 0 aliphatic heterocycles. The topological polar surface area (TPSA) is 88.4 Å². The normalized spacial score (nSPS) is 19.1. The Bertz CT molecular complexity index is 255. The average molecular weight is 308 g/mol. The highest BCUT2D eigenvalue weighted by atomic mass is 28.4. The van der Waals surface area contributed by atoms with Crippen LogP contribution in [0.2, 0.25) is 6.04 Å². The average Bonchev–Trinajstić information content (AvgIpc) is 2.36. The Morgan fingerprint density at radius 3 is 1.40 bits per heavy atom. The van der Waals surface area contributed by atoms with Crippen molar-refractivity contribution in [2.24, 2.45) is 0 Å². The minimum absolute atomic E-state index is 0.220. The minimum Gasteiger partial charge on any atom is -0.369 e. The summed E-state index contributed by atoms with van der Waals surface area (Å²) >= 11 is 0. The van der Waals surface area contributed by atoms with Crippen molar-refractivity contribution in [3.05, 3.63) is 12.2 Å². The third kappa shape index (κ3) is 7.49. The molecule has 0 radical (unpaired) electrons. The summed E-state index contributed by atoms with van der Waals surface area (Å²) in [7, 11) is -3.46. The lowest BCUT2D eigenvalue weighted by atomic mass is 10.4. The highest BCUT2D eigenvalue weighted by Crippen LogP contribution is 2.25. The molecule has 7 heteroatoms. The Balaban J connectivity index is 5.19. The monoisotopic (exact) mass is 308 g/mol. The molecular formula is C13H28O6Si. The largest absolute Gasteiger partial charge is 0.511 e. The number of aliphatic hydroxyl groups excluding tert-OH is 3. The smallest absolute Gasteiger partial charge is 0.369 e. The van der Waals surface area contributed by atoms with Gasteiger partial charge in [0.1, 0.15) is 18.9 Å². The van der Waals surface area contributed by atoms with E-state index in [1.807, 2.05) is 0 Å². The quantitative estimate of drug-likeness (QED) is 0.306. The van der Waals surface area contributed by atoms with E-state index < -0.39 is 27.7 Å². The van der Waals surface area contributed by atoms with Crippen molar-refractivity contribution in [3.63, 3.8) is 0 Å². The summed E-state index contributed by atoms with van der Waals surface area (Å²) in [5.74, 6) is 0. The van der Waals surface area contributed by atoms with Crippen LogP contribution in [0.25, 0.3) is 0 Å². The first-order valence-corrected chi connectivity index (χ1v) is 8.93. The standard InChI is InChI=1S/C13H28O6Si/c1-6-11(14)17-20(9-10(4)5,18-12(15)7-2)19-13(16)8-3/h11-16H,4,6-9H2,1-3,5H3.